The van der Waals surface area contributed by atoms with Crippen molar-refractivity contribution in [1.82, 2.24) is 9.80 Å². The molecule has 0 aromatic carbocycles. The van der Waals surface area contributed by atoms with Crippen LogP contribution in [0.25, 0.3) is 0 Å². The summed E-state index contributed by atoms with van der Waals surface area (Å²) in [5, 5.41) is 9.14. The van der Waals surface area contributed by atoms with Crippen molar-refractivity contribution in [2.45, 2.75) is 32.7 Å². The van der Waals surface area contributed by atoms with Crippen LogP contribution < -0.4 is 0 Å². The lowest BCUT2D eigenvalue weighted by Gasteiger charge is -2.26. The maximum absolute atomic E-state index is 12.4. The van der Waals surface area contributed by atoms with Crippen LogP contribution in [0.3, 0.4) is 0 Å². The second-order valence-corrected chi connectivity index (χ2v) is 6.61. The molecule has 0 spiro atoms. The molecule has 5 heteroatoms. The molecule has 2 rings (SSSR count). The second-order valence-electron chi connectivity index (χ2n) is 6.61. The molecule has 2 aliphatic rings. The molecule has 2 fully saturated rings. The van der Waals surface area contributed by atoms with Gasteiger partial charge < -0.3 is 14.9 Å². The average Bonchev–Trinajstić information content (AvgIpc) is 2.66. The van der Waals surface area contributed by atoms with Crippen LogP contribution in [-0.4, -0.2) is 60.0 Å². The van der Waals surface area contributed by atoms with Crippen molar-refractivity contribution in [1.29, 1.82) is 0 Å². The van der Waals surface area contributed by atoms with E-state index in [1.54, 1.807) is 11.9 Å². The van der Waals surface area contributed by atoms with Gasteiger partial charge in [0.1, 0.15) is 0 Å². The second kappa shape index (κ2) is 4.78. The Balaban J connectivity index is 1.95. The third-order valence-corrected chi connectivity index (χ3v) is 4.89. The molecule has 1 saturated heterocycles. The van der Waals surface area contributed by atoms with Gasteiger partial charge in [0.25, 0.3) is 0 Å². The Morgan fingerprint density at radius 2 is 2.00 bits per heavy atom. The number of hydrogen-bond donors (Lipinski definition) is 1. The van der Waals surface area contributed by atoms with E-state index in [4.69, 9.17) is 5.11 Å². The summed E-state index contributed by atoms with van der Waals surface area (Å²) in [6.45, 7) is 5.52. The van der Waals surface area contributed by atoms with E-state index in [0.29, 0.717) is 12.6 Å². The molecule has 1 heterocycles. The van der Waals surface area contributed by atoms with E-state index in [1.165, 1.54) is 6.42 Å². The average molecular weight is 268 g/mol. The molecule has 3 atom stereocenters. The lowest BCUT2D eigenvalue weighted by molar-refractivity contribution is -0.141. The van der Waals surface area contributed by atoms with Crippen LogP contribution in [0.15, 0.2) is 0 Å². The summed E-state index contributed by atoms with van der Waals surface area (Å²) in [5.74, 6) is -1.75. The molecule has 1 aliphatic heterocycles. The first-order chi connectivity index (χ1) is 8.76. The number of hydrogen-bond acceptors (Lipinski definition) is 3. The normalized spacial score (nSPS) is 33.2. The van der Waals surface area contributed by atoms with E-state index in [0.717, 1.165) is 13.0 Å². The molecule has 1 saturated carbocycles. The fraction of sp³-hybridized carbons (Fsp3) is 0.857. The van der Waals surface area contributed by atoms with Gasteiger partial charge >= 0.3 is 5.97 Å². The number of carbonyl (C=O) groups excluding carboxylic acids is 1. The fourth-order valence-corrected chi connectivity index (χ4v) is 3.41. The number of rotatable bonds is 4. The van der Waals surface area contributed by atoms with E-state index in [1.807, 2.05) is 13.8 Å². The predicted molar refractivity (Wildman–Crippen MR) is 71.7 cm³/mol. The van der Waals surface area contributed by atoms with E-state index in [2.05, 4.69) is 11.9 Å². The largest absolute Gasteiger partial charge is 0.481 e. The van der Waals surface area contributed by atoms with Crippen molar-refractivity contribution in [3.05, 3.63) is 0 Å². The predicted octanol–water partition coefficient (Wildman–Crippen LogP) is 0.896. The van der Waals surface area contributed by atoms with Crippen molar-refractivity contribution in [2.24, 2.45) is 17.3 Å². The van der Waals surface area contributed by atoms with Crippen LogP contribution >= 0.6 is 0 Å². The van der Waals surface area contributed by atoms with Crippen molar-refractivity contribution in [3.8, 4) is 0 Å². The molecule has 1 aliphatic carbocycles. The summed E-state index contributed by atoms with van der Waals surface area (Å²) in [6, 6.07) is 0.416. The lowest BCUT2D eigenvalue weighted by atomic mass is 10.1. The summed E-state index contributed by atoms with van der Waals surface area (Å²) in [6.07, 6.45) is 2.29. The van der Waals surface area contributed by atoms with Crippen LogP contribution in [0.2, 0.25) is 0 Å². The number of likely N-dealkylation sites (tertiary alicyclic amines) is 1. The summed E-state index contributed by atoms with van der Waals surface area (Å²) < 4.78 is 0. The number of nitrogens with zero attached hydrogens (tertiary/aromatic N) is 2. The molecule has 0 bridgehead atoms. The Morgan fingerprint density at radius 1 is 1.37 bits per heavy atom. The smallest absolute Gasteiger partial charge is 0.307 e. The SMILES string of the molecule is CN(CC1CCCN1C)C(=O)C1C(C(=O)O)C1(C)C. The molecule has 108 valence electrons. The van der Waals surface area contributed by atoms with Gasteiger partial charge in [0.05, 0.1) is 11.8 Å². The molecule has 0 radical (unpaired) electrons. The van der Waals surface area contributed by atoms with Gasteiger partial charge in [-0.3, -0.25) is 9.59 Å². The summed E-state index contributed by atoms with van der Waals surface area (Å²) in [5.41, 5.74) is -0.404. The summed E-state index contributed by atoms with van der Waals surface area (Å²) in [4.78, 5) is 27.5. The van der Waals surface area contributed by atoms with Crippen molar-refractivity contribution in [3.63, 3.8) is 0 Å². The maximum atomic E-state index is 12.4. The molecule has 1 N–H and O–H groups in total. The molecule has 5 nitrogen and oxygen atoms in total. The maximum Gasteiger partial charge on any atom is 0.307 e. The lowest BCUT2D eigenvalue weighted by Crippen LogP contribution is -2.40. The monoisotopic (exact) mass is 268 g/mol. The number of carbonyl (C=O) groups is 2. The Hall–Kier alpha value is -1.10. The standard InChI is InChI=1S/C14H24N2O3/c1-14(2)10(11(14)13(18)19)12(17)16(4)8-9-6-5-7-15(9)3/h9-11H,5-8H2,1-4H3,(H,18,19). The van der Waals surface area contributed by atoms with Crippen molar-refractivity contribution < 1.29 is 14.7 Å². The van der Waals surface area contributed by atoms with Gasteiger partial charge in [-0.1, -0.05) is 13.8 Å². The van der Waals surface area contributed by atoms with Crippen molar-refractivity contribution in [2.75, 3.05) is 27.2 Å². The van der Waals surface area contributed by atoms with Gasteiger partial charge in [-0.25, -0.2) is 0 Å². The minimum atomic E-state index is -0.852. The summed E-state index contributed by atoms with van der Waals surface area (Å²) in [7, 11) is 3.87. The third-order valence-electron chi connectivity index (χ3n) is 4.89. The quantitative estimate of drug-likeness (QED) is 0.823. The molecule has 1 amide bonds. The van der Waals surface area contributed by atoms with Crippen LogP contribution in [0.1, 0.15) is 26.7 Å². The zero-order valence-corrected chi connectivity index (χ0v) is 12.2. The Kier molecular flexibility index (Phi) is 3.60. The highest BCUT2D eigenvalue weighted by atomic mass is 16.4. The van der Waals surface area contributed by atoms with Crippen LogP contribution in [0.5, 0.6) is 0 Å². The molecular weight excluding hydrogens is 244 g/mol. The van der Waals surface area contributed by atoms with Gasteiger partial charge in [-0.15, -0.1) is 0 Å². The fourth-order valence-electron chi connectivity index (χ4n) is 3.41. The van der Waals surface area contributed by atoms with Gasteiger partial charge in [0.2, 0.25) is 5.91 Å². The van der Waals surface area contributed by atoms with Crippen LogP contribution in [-0.2, 0) is 9.59 Å². The van der Waals surface area contributed by atoms with Gasteiger partial charge in [0, 0.05) is 19.6 Å². The van der Waals surface area contributed by atoms with E-state index in [-0.39, 0.29) is 11.8 Å². The number of aliphatic carboxylic acids is 1. The molecule has 0 aromatic heterocycles. The number of amides is 1. The van der Waals surface area contributed by atoms with Gasteiger partial charge in [-0.05, 0) is 31.8 Å². The Bertz CT molecular complexity index is 394. The van der Waals surface area contributed by atoms with E-state index >= 15 is 0 Å². The van der Waals surface area contributed by atoms with Crippen molar-refractivity contribution >= 4 is 11.9 Å². The van der Waals surface area contributed by atoms with E-state index < -0.39 is 17.3 Å². The molecule has 3 unspecified atom stereocenters. The first-order valence-corrected chi connectivity index (χ1v) is 6.95. The first kappa shape index (κ1) is 14.3. The van der Waals surface area contributed by atoms with Gasteiger partial charge in [-0.2, -0.15) is 0 Å². The third kappa shape index (κ3) is 2.48. The van der Waals surface area contributed by atoms with Crippen LogP contribution in [0, 0.1) is 17.3 Å². The molecule has 19 heavy (non-hydrogen) atoms. The zero-order chi connectivity index (χ0) is 14.4. The highest BCUT2D eigenvalue weighted by Gasteiger charge is 2.66. The Labute approximate surface area is 114 Å². The zero-order valence-electron chi connectivity index (χ0n) is 12.2. The topological polar surface area (TPSA) is 60.9 Å². The minimum Gasteiger partial charge on any atom is -0.481 e. The van der Waals surface area contributed by atoms with Crippen LogP contribution in [0.4, 0.5) is 0 Å². The first-order valence-electron chi connectivity index (χ1n) is 6.95. The number of carboxylic acid groups (broad SMARTS) is 1. The summed E-state index contributed by atoms with van der Waals surface area (Å²) >= 11 is 0. The number of carboxylic acids is 1. The Morgan fingerprint density at radius 3 is 2.42 bits per heavy atom. The molecular formula is C14H24N2O3. The van der Waals surface area contributed by atoms with E-state index in [9.17, 15) is 9.59 Å². The van der Waals surface area contributed by atoms with Gasteiger partial charge in [0.15, 0.2) is 0 Å². The highest BCUT2D eigenvalue weighted by molar-refractivity contribution is 5.91. The molecule has 0 aromatic rings. The number of likely N-dealkylation sites (N-methyl/N-ethyl adjacent to an activating group) is 2. The minimum absolute atomic E-state index is 0.0160. The highest BCUT2D eigenvalue weighted by Crippen LogP contribution is 2.58.